The Morgan fingerprint density at radius 3 is 2.48 bits per heavy atom. The van der Waals surface area contributed by atoms with Crippen LogP contribution >= 0.6 is 11.8 Å². The van der Waals surface area contributed by atoms with Crippen molar-refractivity contribution in [2.75, 3.05) is 41.4 Å². The standard InChI is InChI=1S/C14H18FN5S/c1-18(12-5-3-11(15)4-6-12)13-16-17-14(19(13)2)20-7-9-21-10-8-20/h3-6H,7-10H2,1-2H3. The highest BCUT2D eigenvalue weighted by Gasteiger charge is 2.20. The predicted molar refractivity (Wildman–Crippen MR) is 85.0 cm³/mol. The van der Waals surface area contributed by atoms with Crippen molar-refractivity contribution in [3.63, 3.8) is 0 Å². The highest BCUT2D eigenvalue weighted by Crippen LogP contribution is 2.25. The van der Waals surface area contributed by atoms with E-state index in [1.165, 1.54) is 12.1 Å². The molecule has 1 aliphatic heterocycles. The molecule has 7 heteroatoms. The van der Waals surface area contributed by atoms with Gasteiger partial charge in [-0.05, 0) is 24.3 Å². The Kier molecular flexibility index (Phi) is 4.01. The van der Waals surface area contributed by atoms with Crippen LogP contribution in [0.2, 0.25) is 0 Å². The minimum Gasteiger partial charge on any atom is -0.339 e. The summed E-state index contributed by atoms with van der Waals surface area (Å²) >= 11 is 1.97. The maximum Gasteiger partial charge on any atom is 0.232 e. The molecule has 1 fully saturated rings. The van der Waals surface area contributed by atoms with E-state index in [1.807, 2.05) is 35.3 Å². The molecule has 0 atom stereocenters. The van der Waals surface area contributed by atoms with Crippen molar-refractivity contribution in [1.29, 1.82) is 0 Å². The summed E-state index contributed by atoms with van der Waals surface area (Å²) in [4.78, 5) is 4.17. The third-order valence-electron chi connectivity index (χ3n) is 3.64. The van der Waals surface area contributed by atoms with Gasteiger partial charge in [0.2, 0.25) is 11.9 Å². The van der Waals surface area contributed by atoms with Crippen molar-refractivity contribution in [3.8, 4) is 0 Å². The number of benzene rings is 1. The lowest BCUT2D eigenvalue weighted by molar-refractivity contribution is 0.628. The molecule has 0 N–H and O–H groups in total. The van der Waals surface area contributed by atoms with E-state index in [4.69, 9.17) is 0 Å². The molecule has 0 aliphatic carbocycles. The van der Waals surface area contributed by atoms with E-state index in [-0.39, 0.29) is 5.82 Å². The molecule has 1 aromatic heterocycles. The molecule has 0 saturated carbocycles. The van der Waals surface area contributed by atoms with Gasteiger partial charge in [0.25, 0.3) is 0 Å². The molecular weight excluding hydrogens is 289 g/mol. The van der Waals surface area contributed by atoms with Crippen molar-refractivity contribution >= 4 is 29.3 Å². The first-order valence-electron chi connectivity index (χ1n) is 6.88. The van der Waals surface area contributed by atoms with Crippen LogP contribution in [0.3, 0.4) is 0 Å². The Balaban J connectivity index is 1.85. The topological polar surface area (TPSA) is 37.2 Å². The lowest BCUT2D eigenvalue weighted by atomic mass is 10.3. The number of aromatic nitrogens is 3. The minimum atomic E-state index is -0.239. The number of anilines is 3. The summed E-state index contributed by atoms with van der Waals surface area (Å²) in [5.74, 6) is 3.64. The van der Waals surface area contributed by atoms with Gasteiger partial charge in [0.1, 0.15) is 5.82 Å². The largest absolute Gasteiger partial charge is 0.339 e. The van der Waals surface area contributed by atoms with E-state index in [2.05, 4.69) is 15.1 Å². The summed E-state index contributed by atoms with van der Waals surface area (Å²) in [5, 5.41) is 8.60. The molecule has 1 aliphatic rings. The summed E-state index contributed by atoms with van der Waals surface area (Å²) in [6, 6.07) is 6.37. The van der Waals surface area contributed by atoms with Gasteiger partial charge in [0.05, 0.1) is 0 Å². The number of hydrogen-bond donors (Lipinski definition) is 0. The van der Waals surface area contributed by atoms with E-state index in [0.717, 1.165) is 42.2 Å². The molecule has 1 saturated heterocycles. The lowest BCUT2D eigenvalue weighted by Crippen LogP contribution is -2.34. The van der Waals surface area contributed by atoms with Gasteiger partial charge in [-0.2, -0.15) is 11.8 Å². The Morgan fingerprint density at radius 2 is 1.81 bits per heavy atom. The van der Waals surface area contributed by atoms with E-state index in [1.54, 1.807) is 12.1 Å². The fourth-order valence-corrected chi connectivity index (χ4v) is 3.33. The van der Waals surface area contributed by atoms with Gasteiger partial charge >= 0.3 is 0 Å². The fraction of sp³-hybridized carbons (Fsp3) is 0.429. The third-order valence-corrected chi connectivity index (χ3v) is 4.58. The summed E-state index contributed by atoms with van der Waals surface area (Å²) in [5.41, 5.74) is 0.882. The molecule has 112 valence electrons. The van der Waals surface area contributed by atoms with Crippen molar-refractivity contribution in [2.24, 2.45) is 7.05 Å². The van der Waals surface area contributed by atoms with E-state index in [0.29, 0.717) is 0 Å². The Hall–Kier alpha value is -1.76. The average molecular weight is 307 g/mol. The van der Waals surface area contributed by atoms with Gasteiger partial charge in [-0.3, -0.25) is 4.57 Å². The van der Waals surface area contributed by atoms with E-state index in [9.17, 15) is 4.39 Å². The van der Waals surface area contributed by atoms with Crippen LogP contribution in [0.1, 0.15) is 0 Å². The molecule has 21 heavy (non-hydrogen) atoms. The van der Waals surface area contributed by atoms with E-state index >= 15 is 0 Å². The van der Waals surface area contributed by atoms with Crippen LogP contribution in [0.4, 0.5) is 22.0 Å². The average Bonchev–Trinajstić information content (AvgIpc) is 2.90. The molecule has 5 nitrogen and oxygen atoms in total. The molecule has 0 amide bonds. The SMILES string of the molecule is CN(c1ccc(F)cc1)c1nnc(N2CCSCC2)n1C. The van der Waals surface area contributed by atoms with Crippen LogP contribution in [0.25, 0.3) is 0 Å². The molecule has 0 radical (unpaired) electrons. The first-order chi connectivity index (χ1) is 10.2. The van der Waals surface area contributed by atoms with Crippen LogP contribution in [-0.2, 0) is 7.05 Å². The number of halogens is 1. The summed E-state index contributed by atoms with van der Waals surface area (Å²) < 4.78 is 15.0. The van der Waals surface area contributed by atoms with Crippen molar-refractivity contribution < 1.29 is 4.39 Å². The zero-order valence-corrected chi connectivity index (χ0v) is 13.0. The summed E-state index contributed by atoms with van der Waals surface area (Å²) in [7, 11) is 3.87. The number of rotatable bonds is 3. The maximum atomic E-state index is 13.0. The fourth-order valence-electron chi connectivity index (χ4n) is 2.42. The predicted octanol–water partition coefficient (Wildman–Crippen LogP) is 2.28. The van der Waals surface area contributed by atoms with Crippen LogP contribution in [0.15, 0.2) is 24.3 Å². The Bertz CT molecular complexity index is 606. The number of nitrogens with zero attached hydrogens (tertiary/aromatic N) is 5. The Morgan fingerprint density at radius 1 is 1.14 bits per heavy atom. The highest BCUT2D eigenvalue weighted by atomic mass is 32.2. The smallest absolute Gasteiger partial charge is 0.232 e. The van der Waals surface area contributed by atoms with Gasteiger partial charge in [-0.15, -0.1) is 10.2 Å². The summed E-state index contributed by atoms with van der Waals surface area (Å²) in [6.07, 6.45) is 0. The van der Waals surface area contributed by atoms with Crippen molar-refractivity contribution in [1.82, 2.24) is 14.8 Å². The molecule has 3 rings (SSSR count). The molecular formula is C14H18FN5S. The van der Waals surface area contributed by atoms with Crippen LogP contribution < -0.4 is 9.80 Å². The van der Waals surface area contributed by atoms with Gasteiger partial charge in [-0.1, -0.05) is 0 Å². The summed E-state index contributed by atoms with van der Waals surface area (Å²) in [6.45, 7) is 1.99. The van der Waals surface area contributed by atoms with E-state index < -0.39 is 0 Å². The van der Waals surface area contributed by atoms with Gasteiger partial charge in [0, 0.05) is 44.4 Å². The molecule has 0 unspecified atom stereocenters. The first-order valence-corrected chi connectivity index (χ1v) is 8.03. The maximum absolute atomic E-state index is 13.0. The number of hydrogen-bond acceptors (Lipinski definition) is 5. The third kappa shape index (κ3) is 2.83. The zero-order chi connectivity index (χ0) is 14.8. The minimum absolute atomic E-state index is 0.239. The van der Waals surface area contributed by atoms with Crippen molar-refractivity contribution in [3.05, 3.63) is 30.1 Å². The monoisotopic (exact) mass is 307 g/mol. The second-order valence-corrected chi connectivity index (χ2v) is 6.22. The molecule has 0 bridgehead atoms. The first kappa shape index (κ1) is 14.2. The second-order valence-electron chi connectivity index (χ2n) is 4.99. The zero-order valence-electron chi connectivity index (χ0n) is 12.2. The Labute approximate surface area is 127 Å². The van der Waals surface area contributed by atoms with Gasteiger partial charge in [0.15, 0.2) is 0 Å². The normalized spacial score (nSPS) is 15.3. The van der Waals surface area contributed by atoms with Crippen LogP contribution in [0, 0.1) is 5.82 Å². The molecule has 0 spiro atoms. The van der Waals surface area contributed by atoms with Gasteiger partial charge < -0.3 is 9.80 Å². The highest BCUT2D eigenvalue weighted by molar-refractivity contribution is 7.99. The second kappa shape index (κ2) is 5.93. The van der Waals surface area contributed by atoms with Crippen LogP contribution in [-0.4, -0.2) is 46.4 Å². The van der Waals surface area contributed by atoms with Gasteiger partial charge in [-0.25, -0.2) is 4.39 Å². The molecule has 1 aromatic carbocycles. The number of thioether (sulfide) groups is 1. The lowest BCUT2D eigenvalue weighted by Gasteiger charge is -2.27. The molecule has 2 aromatic rings. The quantitative estimate of drug-likeness (QED) is 0.869. The van der Waals surface area contributed by atoms with Crippen molar-refractivity contribution in [2.45, 2.75) is 0 Å². The van der Waals surface area contributed by atoms with Crippen LogP contribution in [0.5, 0.6) is 0 Å². The molecule has 2 heterocycles.